The van der Waals surface area contributed by atoms with Crippen LogP contribution in [0, 0.1) is 5.82 Å². The third kappa shape index (κ3) is 4.34. The Kier molecular flexibility index (Phi) is 6.19. The molecule has 0 radical (unpaired) electrons. The first kappa shape index (κ1) is 22.2. The number of hydrogen-bond acceptors (Lipinski definition) is 3. The van der Waals surface area contributed by atoms with Gasteiger partial charge >= 0.3 is 12.1 Å². The van der Waals surface area contributed by atoms with E-state index in [0.717, 1.165) is 12.1 Å². The molecule has 0 amide bonds. The van der Waals surface area contributed by atoms with Gasteiger partial charge in [-0.05, 0) is 74.3 Å². The number of carboxylic acid groups (broad SMARTS) is 1. The molecule has 4 nitrogen and oxygen atoms in total. The largest absolute Gasteiger partial charge is 0.480 e. The maximum Gasteiger partial charge on any atom is 0.416 e. The van der Waals surface area contributed by atoms with Gasteiger partial charge in [-0.1, -0.05) is 18.2 Å². The van der Waals surface area contributed by atoms with Crippen LogP contribution in [0.3, 0.4) is 0 Å². The first-order valence-electron chi connectivity index (χ1n) is 9.58. The molecule has 2 aromatic carbocycles. The van der Waals surface area contributed by atoms with Crippen LogP contribution in [0.5, 0.6) is 0 Å². The molecule has 2 unspecified atom stereocenters. The number of carbonyl (C=O) groups is 1. The van der Waals surface area contributed by atoms with Crippen molar-refractivity contribution in [3.63, 3.8) is 0 Å². The summed E-state index contributed by atoms with van der Waals surface area (Å²) >= 11 is 0. The maximum absolute atomic E-state index is 13.5. The predicted octanol–water partition coefficient (Wildman–Crippen LogP) is 4.80. The average Bonchev–Trinajstić information content (AvgIpc) is 3.06. The highest BCUT2D eigenvalue weighted by atomic mass is 19.4. The summed E-state index contributed by atoms with van der Waals surface area (Å²) in [5.41, 5.74) is -0.0379. The smallest absolute Gasteiger partial charge is 0.416 e. The zero-order valence-corrected chi connectivity index (χ0v) is 16.7. The third-order valence-corrected chi connectivity index (χ3v) is 5.71. The quantitative estimate of drug-likeness (QED) is 0.648. The minimum absolute atomic E-state index is 0.0119. The van der Waals surface area contributed by atoms with Crippen molar-refractivity contribution in [2.45, 2.75) is 44.2 Å². The molecule has 0 spiro atoms. The highest BCUT2D eigenvalue weighted by Crippen LogP contribution is 2.46. The predicted molar refractivity (Wildman–Crippen MR) is 102 cm³/mol. The zero-order valence-electron chi connectivity index (χ0n) is 16.7. The van der Waals surface area contributed by atoms with E-state index in [1.54, 1.807) is 31.0 Å². The van der Waals surface area contributed by atoms with Crippen molar-refractivity contribution in [3.05, 3.63) is 70.5 Å². The van der Waals surface area contributed by atoms with Crippen molar-refractivity contribution in [1.82, 2.24) is 4.90 Å². The molecular formula is C22H23F4NO3. The van der Waals surface area contributed by atoms with E-state index in [4.69, 9.17) is 9.84 Å². The van der Waals surface area contributed by atoms with Crippen molar-refractivity contribution >= 4 is 5.97 Å². The SMILES string of the molecule is CC(C(=O)O)N(C)CCCC1(c2ccc(F)cc2)OCc2cc(C(F)(F)F)ccc21. The van der Waals surface area contributed by atoms with Crippen LogP contribution in [-0.4, -0.2) is 35.6 Å². The molecule has 1 heterocycles. The Bertz CT molecular complexity index is 914. The van der Waals surface area contributed by atoms with E-state index in [-0.39, 0.29) is 6.61 Å². The summed E-state index contributed by atoms with van der Waals surface area (Å²) in [4.78, 5) is 12.8. The molecule has 2 atom stereocenters. The Balaban J connectivity index is 1.92. The van der Waals surface area contributed by atoms with E-state index in [1.165, 1.54) is 18.2 Å². The van der Waals surface area contributed by atoms with Gasteiger partial charge in [0, 0.05) is 0 Å². The summed E-state index contributed by atoms with van der Waals surface area (Å²) in [6, 6.07) is 8.62. The fourth-order valence-electron chi connectivity index (χ4n) is 3.83. The lowest BCUT2D eigenvalue weighted by molar-refractivity contribution is -0.142. The van der Waals surface area contributed by atoms with Crippen LogP contribution in [0.4, 0.5) is 17.6 Å². The van der Waals surface area contributed by atoms with Crippen molar-refractivity contribution in [3.8, 4) is 0 Å². The number of hydrogen-bond donors (Lipinski definition) is 1. The number of rotatable bonds is 7. The van der Waals surface area contributed by atoms with Gasteiger partial charge < -0.3 is 9.84 Å². The van der Waals surface area contributed by atoms with Gasteiger partial charge in [0.1, 0.15) is 17.5 Å². The van der Waals surface area contributed by atoms with E-state index < -0.39 is 35.2 Å². The molecule has 3 rings (SSSR count). The average molecular weight is 425 g/mol. The summed E-state index contributed by atoms with van der Waals surface area (Å²) in [6.45, 7) is 2.05. The van der Waals surface area contributed by atoms with Gasteiger partial charge in [0.25, 0.3) is 0 Å². The van der Waals surface area contributed by atoms with Gasteiger partial charge in [-0.2, -0.15) is 13.2 Å². The van der Waals surface area contributed by atoms with Crippen LogP contribution in [0.15, 0.2) is 42.5 Å². The monoisotopic (exact) mass is 425 g/mol. The molecular weight excluding hydrogens is 402 g/mol. The van der Waals surface area contributed by atoms with Crippen LogP contribution in [0.1, 0.15) is 42.0 Å². The molecule has 1 aliphatic rings. The number of halogens is 4. The zero-order chi connectivity index (χ0) is 22.1. The van der Waals surface area contributed by atoms with Crippen LogP contribution in [0.2, 0.25) is 0 Å². The van der Waals surface area contributed by atoms with E-state index in [1.807, 2.05) is 0 Å². The Labute approximate surface area is 172 Å². The number of aliphatic carboxylic acids is 1. The van der Waals surface area contributed by atoms with Gasteiger partial charge in [-0.3, -0.25) is 9.69 Å². The summed E-state index contributed by atoms with van der Waals surface area (Å²) in [5, 5.41) is 9.15. The fourth-order valence-corrected chi connectivity index (χ4v) is 3.83. The first-order chi connectivity index (χ1) is 14.0. The Morgan fingerprint density at radius 3 is 2.50 bits per heavy atom. The van der Waals surface area contributed by atoms with E-state index in [2.05, 4.69) is 0 Å². The second-order valence-corrected chi connectivity index (χ2v) is 7.59. The summed E-state index contributed by atoms with van der Waals surface area (Å²) in [5.74, 6) is -1.36. The molecule has 2 aromatic rings. The summed E-state index contributed by atoms with van der Waals surface area (Å²) in [7, 11) is 1.70. The second-order valence-electron chi connectivity index (χ2n) is 7.59. The number of nitrogens with zero attached hydrogens (tertiary/aromatic N) is 1. The Hall–Kier alpha value is -2.45. The molecule has 1 N–H and O–H groups in total. The lowest BCUT2D eigenvalue weighted by atomic mass is 9.81. The van der Waals surface area contributed by atoms with Gasteiger partial charge in [0.15, 0.2) is 0 Å². The molecule has 0 fully saturated rings. The number of carboxylic acids is 1. The first-order valence-corrected chi connectivity index (χ1v) is 9.58. The van der Waals surface area contributed by atoms with Crippen molar-refractivity contribution in [1.29, 1.82) is 0 Å². The van der Waals surface area contributed by atoms with E-state index >= 15 is 0 Å². The van der Waals surface area contributed by atoms with Crippen LogP contribution < -0.4 is 0 Å². The maximum atomic E-state index is 13.5. The topological polar surface area (TPSA) is 49.8 Å². The molecule has 8 heteroatoms. The van der Waals surface area contributed by atoms with Crippen molar-refractivity contribution in [2.75, 3.05) is 13.6 Å². The van der Waals surface area contributed by atoms with Crippen LogP contribution in [-0.2, 0) is 27.9 Å². The lowest BCUT2D eigenvalue weighted by Crippen LogP contribution is -2.37. The number of ether oxygens (including phenoxy) is 1. The highest BCUT2D eigenvalue weighted by molar-refractivity contribution is 5.72. The third-order valence-electron chi connectivity index (χ3n) is 5.71. The normalized spacial score (nSPS) is 19.7. The minimum Gasteiger partial charge on any atom is -0.480 e. The molecule has 0 aliphatic carbocycles. The minimum atomic E-state index is -4.45. The van der Waals surface area contributed by atoms with Gasteiger partial charge in [-0.15, -0.1) is 0 Å². The van der Waals surface area contributed by atoms with E-state index in [9.17, 15) is 22.4 Å². The lowest BCUT2D eigenvalue weighted by Gasteiger charge is -2.32. The number of fused-ring (bicyclic) bond motifs is 1. The summed E-state index contributed by atoms with van der Waals surface area (Å²) in [6.07, 6.45) is -3.51. The number of likely N-dealkylation sites (N-methyl/N-ethyl adjacent to an activating group) is 1. The molecule has 0 aromatic heterocycles. The molecule has 0 saturated heterocycles. The molecule has 0 bridgehead atoms. The van der Waals surface area contributed by atoms with Crippen LogP contribution in [0.25, 0.3) is 0 Å². The summed E-state index contributed by atoms with van der Waals surface area (Å²) < 4.78 is 58.9. The van der Waals surface area contributed by atoms with Crippen molar-refractivity contribution in [2.24, 2.45) is 0 Å². The van der Waals surface area contributed by atoms with Gasteiger partial charge in [0.05, 0.1) is 12.2 Å². The standard InChI is InChI=1S/C22H23F4NO3/c1-14(20(28)29)27(2)11-3-10-21(16-4-7-18(23)8-5-16)19-9-6-17(22(24,25)26)12-15(19)13-30-21/h4-9,12,14H,3,10-11,13H2,1-2H3,(H,28,29). The van der Waals surface area contributed by atoms with Gasteiger partial charge in [-0.25, -0.2) is 4.39 Å². The molecule has 0 saturated carbocycles. The molecule has 1 aliphatic heterocycles. The Morgan fingerprint density at radius 1 is 1.23 bits per heavy atom. The number of benzene rings is 2. The number of alkyl halides is 3. The Morgan fingerprint density at radius 2 is 1.90 bits per heavy atom. The van der Waals surface area contributed by atoms with Crippen LogP contribution >= 0.6 is 0 Å². The fraction of sp³-hybridized carbons (Fsp3) is 0.409. The second kappa shape index (κ2) is 8.35. The molecule has 30 heavy (non-hydrogen) atoms. The van der Waals surface area contributed by atoms with Crippen molar-refractivity contribution < 1.29 is 32.2 Å². The highest BCUT2D eigenvalue weighted by Gasteiger charge is 2.43. The van der Waals surface area contributed by atoms with E-state index in [0.29, 0.717) is 36.1 Å². The van der Waals surface area contributed by atoms with Gasteiger partial charge in [0.2, 0.25) is 0 Å². The molecule has 162 valence electrons.